The fourth-order valence-electron chi connectivity index (χ4n) is 2.71. The third kappa shape index (κ3) is 4.99. The minimum absolute atomic E-state index is 0.0417. The zero-order chi connectivity index (χ0) is 23.8. The molecule has 0 saturated carbocycles. The minimum atomic E-state index is -4.91. The first-order chi connectivity index (χ1) is 14.8. The molecular formula is C18H13ClF4N4O4S. The van der Waals surface area contributed by atoms with E-state index in [1.165, 1.54) is 19.9 Å². The summed E-state index contributed by atoms with van der Waals surface area (Å²) >= 11 is 6.00. The highest BCUT2D eigenvalue weighted by molar-refractivity contribution is 7.90. The molecule has 0 aliphatic heterocycles. The molecule has 3 rings (SSSR count). The summed E-state index contributed by atoms with van der Waals surface area (Å²) in [5, 5.41) is 7.14. The number of carbonyl (C=O) groups is 1. The summed E-state index contributed by atoms with van der Waals surface area (Å²) in [5.74, 6) is -2.53. The summed E-state index contributed by atoms with van der Waals surface area (Å²) < 4.78 is 82.1. The quantitative estimate of drug-likeness (QED) is 0.545. The minimum Gasteiger partial charge on any atom is -0.406 e. The first kappa shape index (κ1) is 23.5. The number of ether oxygens (including phenoxy) is 1. The second-order valence-corrected chi connectivity index (χ2v) is 8.50. The molecule has 0 aliphatic rings. The average Bonchev–Trinajstić information content (AvgIpc) is 3.03. The Bertz CT molecular complexity index is 1310. The van der Waals surface area contributed by atoms with Crippen LogP contribution in [0.15, 0.2) is 41.3 Å². The van der Waals surface area contributed by atoms with Crippen molar-refractivity contribution in [3.8, 4) is 11.4 Å². The largest absolute Gasteiger partial charge is 0.573 e. The lowest BCUT2D eigenvalue weighted by molar-refractivity contribution is -0.274. The van der Waals surface area contributed by atoms with E-state index in [2.05, 4.69) is 15.0 Å². The molecule has 0 fully saturated rings. The van der Waals surface area contributed by atoms with Gasteiger partial charge in [0.05, 0.1) is 21.3 Å². The number of hydrogen-bond acceptors (Lipinski definition) is 6. The van der Waals surface area contributed by atoms with Crippen LogP contribution >= 0.6 is 11.6 Å². The summed E-state index contributed by atoms with van der Waals surface area (Å²) in [7, 11) is -4.43. The number of rotatable bonds is 5. The molecule has 0 saturated heterocycles. The van der Waals surface area contributed by atoms with Crippen LogP contribution in [0.2, 0.25) is 5.02 Å². The maximum absolute atomic E-state index is 13.5. The van der Waals surface area contributed by atoms with Gasteiger partial charge in [0.25, 0.3) is 15.9 Å². The Morgan fingerprint density at radius 1 is 1.16 bits per heavy atom. The highest BCUT2D eigenvalue weighted by Crippen LogP contribution is 2.30. The molecule has 1 amide bonds. The van der Waals surface area contributed by atoms with E-state index in [1.54, 1.807) is 4.72 Å². The standard InChI is InChI=1S/C18H13ClF4N4O4S/c1-9-3-4-11(20)7-15(9)32(29,30)25-17(28)16-10(2)27(26-24-16)14-6-5-12(8-13(14)19)31-18(21,22)23/h3-8H,1-2H3,(H,25,28). The van der Waals surface area contributed by atoms with Gasteiger partial charge < -0.3 is 4.74 Å². The topological polar surface area (TPSA) is 103 Å². The molecule has 0 atom stereocenters. The number of carbonyl (C=O) groups excluding carboxylic acids is 1. The van der Waals surface area contributed by atoms with Crippen molar-refractivity contribution in [2.75, 3.05) is 0 Å². The third-order valence-electron chi connectivity index (χ3n) is 4.16. The van der Waals surface area contributed by atoms with Gasteiger partial charge in [0.1, 0.15) is 11.6 Å². The van der Waals surface area contributed by atoms with Gasteiger partial charge in [-0.3, -0.25) is 4.79 Å². The fourth-order valence-corrected chi connectivity index (χ4v) is 4.17. The molecule has 14 heteroatoms. The number of aromatic nitrogens is 3. The third-order valence-corrected chi connectivity index (χ3v) is 5.93. The van der Waals surface area contributed by atoms with Crippen LogP contribution in [0.25, 0.3) is 5.69 Å². The van der Waals surface area contributed by atoms with E-state index in [0.29, 0.717) is 0 Å². The molecule has 0 radical (unpaired) electrons. The number of halogens is 5. The first-order valence-electron chi connectivity index (χ1n) is 8.60. The van der Waals surface area contributed by atoms with Crippen LogP contribution in [0.4, 0.5) is 17.6 Å². The van der Waals surface area contributed by atoms with Crippen LogP contribution in [0.5, 0.6) is 5.75 Å². The molecule has 0 bridgehead atoms. The van der Waals surface area contributed by atoms with Crippen molar-refractivity contribution in [1.82, 2.24) is 19.7 Å². The van der Waals surface area contributed by atoms with Crippen LogP contribution in [-0.4, -0.2) is 35.7 Å². The number of benzene rings is 2. The number of hydrogen-bond donors (Lipinski definition) is 1. The zero-order valence-corrected chi connectivity index (χ0v) is 17.8. The van der Waals surface area contributed by atoms with Gasteiger partial charge in [-0.15, -0.1) is 18.3 Å². The van der Waals surface area contributed by atoms with Gasteiger partial charge in [-0.25, -0.2) is 22.2 Å². The maximum Gasteiger partial charge on any atom is 0.573 e. The van der Waals surface area contributed by atoms with Crippen LogP contribution in [0, 0.1) is 19.7 Å². The summed E-state index contributed by atoms with van der Waals surface area (Å²) in [4.78, 5) is 12.1. The molecule has 1 heterocycles. The Balaban J connectivity index is 1.89. The van der Waals surface area contributed by atoms with E-state index in [0.717, 1.165) is 35.0 Å². The van der Waals surface area contributed by atoms with Gasteiger partial charge in [0, 0.05) is 6.07 Å². The van der Waals surface area contributed by atoms with E-state index in [1.807, 2.05) is 0 Å². The van der Waals surface area contributed by atoms with Gasteiger partial charge in [-0.05, 0) is 43.7 Å². The van der Waals surface area contributed by atoms with Crippen molar-refractivity contribution in [2.24, 2.45) is 0 Å². The van der Waals surface area contributed by atoms with Gasteiger partial charge in [-0.2, -0.15) is 0 Å². The Labute approximate surface area is 183 Å². The van der Waals surface area contributed by atoms with Crippen molar-refractivity contribution in [3.05, 3.63) is 64.2 Å². The van der Waals surface area contributed by atoms with Crippen LogP contribution in [0.1, 0.15) is 21.7 Å². The van der Waals surface area contributed by atoms with Crippen molar-refractivity contribution in [2.45, 2.75) is 25.1 Å². The Morgan fingerprint density at radius 3 is 2.47 bits per heavy atom. The zero-order valence-electron chi connectivity index (χ0n) is 16.2. The van der Waals surface area contributed by atoms with Gasteiger partial charge >= 0.3 is 6.36 Å². The smallest absolute Gasteiger partial charge is 0.406 e. The SMILES string of the molecule is Cc1ccc(F)cc1S(=O)(=O)NC(=O)c1nnn(-c2ccc(OC(F)(F)F)cc2Cl)c1C. The number of nitrogens with zero attached hydrogens (tertiary/aromatic N) is 3. The number of alkyl halides is 3. The molecule has 0 unspecified atom stereocenters. The monoisotopic (exact) mass is 492 g/mol. The second-order valence-electron chi connectivity index (χ2n) is 6.44. The summed E-state index contributed by atoms with van der Waals surface area (Å²) in [5.41, 5.74) is -0.0801. The lowest BCUT2D eigenvalue weighted by Crippen LogP contribution is -2.32. The van der Waals surface area contributed by atoms with Crippen LogP contribution in [0.3, 0.4) is 0 Å². The van der Waals surface area contributed by atoms with E-state index in [4.69, 9.17) is 11.6 Å². The Morgan fingerprint density at radius 2 is 1.84 bits per heavy atom. The summed E-state index contributed by atoms with van der Waals surface area (Å²) in [6, 6.07) is 6.10. The highest BCUT2D eigenvalue weighted by atomic mass is 35.5. The summed E-state index contributed by atoms with van der Waals surface area (Å²) in [6.45, 7) is 2.79. The molecule has 2 aromatic carbocycles. The number of sulfonamides is 1. The van der Waals surface area contributed by atoms with Crippen molar-refractivity contribution in [1.29, 1.82) is 0 Å². The number of nitrogens with one attached hydrogen (secondary N) is 1. The van der Waals surface area contributed by atoms with Crippen LogP contribution < -0.4 is 9.46 Å². The van der Waals surface area contributed by atoms with Gasteiger partial charge in [0.15, 0.2) is 5.69 Å². The van der Waals surface area contributed by atoms with Gasteiger partial charge in [0.2, 0.25) is 0 Å². The molecule has 32 heavy (non-hydrogen) atoms. The van der Waals surface area contributed by atoms with E-state index < -0.39 is 44.4 Å². The van der Waals surface area contributed by atoms with Gasteiger partial charge in [-0.1, -0.05) is 22.9 Å². The predicted molar refractivity (Wildman–Crippen MR) is 104 cm³/mol. The fraction of sp³-hybridized carbons (Fsp3) is 0.167. The molecule has 1 N–H and O–H groups in total. The molecular weight excluding hydrogens is 480 g/mol. The van der Waals surface area contributed by atoms with Crippen LogP contribution in [-0.2, 0) is 10.0 Å². The Hall–Kier alpha value is -3.19. The predicted octanol–water partition coefficient (Wildman–Crippen LogP) is 3.69. The normalized spacial score (nSPS) is 12.0. The molecule has 170 valence electrons. The second kappa shape index (κ2) is 8.39. The lowest BCUT2D eigenvalue weighted by atomic mass is 10.2. The average molecular weight is 493 g/mol. The molecule has 1 aromatic heterocycles. The van der Waals surface area contributed by atoms with Crippen molar-refractivity contribution < 1.29 is 35.5 Å². The summed E-state index contributed by atoms with van der Waals surface area (Å²) in [6.07, 6.45) is -4.91. The van der Waals surface area contributed by atoms with Crippen molar-refractivity contribution in [3.63, 3.8) is 0 Å². The lowest BCUT2D eigenvalue weighted by Gasteiger charge is -2.11. The number of aryl methyl sites for hydroxylation is 1. The van der Waals surface area contributed by atoms with E-state index in [9.17, 15) is 30.8 Å². The molecule has 3 aromatic rings. The molecule has 8 nitrogen and oxygen atoms in total. The number of amides is 1. The Kier molecular flexibility index (Phi) is 6.15. The van der Waals surface area contributed by atoms with E-state index in [-0.39, 0.29) is 22.0 Å². The first-order valence-corrected chi connectivity index (χ1v) is 10.5. The molecule has 0 aliphatic carbocycles. The highest BCUT2D eigenvalue weighted by Gasteiger charge is 2.31. The molecule has 0 spiro atoms. The van der Waals surface area contributed by atoms with Crippen molar-refractivity contribution >= 4 is 27.5 Å². The maximum atomic E-state index is 13.5. The van der Waals surface area contributed by atoms with E-state index >= 15 is 0 Å².